The van der Waals surface area contributed by atoms with Crippen LogP contribution in [0, 0.1) is 27.3 Å². The van der Waals surface area contributed by atoms with Crippen molar-refractivity contribution in [2.45, 2.75) is 31.6 Å². The lowest BCUT2D eigenvalue weighted by molar-refractivity contribution is 0.0324. The Hall–Kier alpha value is -2.54. The molecule has 2 heterocycles. The van der Waals surface area contributed by atoms with E-state index in [2.05, 4.69) is 16.3 Å². The van der Waals surface area contributed by atoms with Crippen LogP contribution in [-0.4, -0.2) is 46.4 Å². The SMILES string of the molecule is CN(Cc1ccc(F)cc1)CC1CCC(CNc2c(C#N)c(=N)n(C)c(=S)n2C)O1. The summed E-state index contributed by atoms with van der Waals surface area (Å²) in [4.78, 5) is 2.18. The molecule has 2 atom stereocenters. The number of hydrogen-bond donors (Lipinski definition) is 2. The van der Waals surface area contributed by atoms with Crippen molar-refractivity contribution in [1.82, 2.24) is 14.0 Å². The lowest BCUT2D eigenvalue weighted by Gasteiger charge is -2.22. The normalized spacial score (nSPS) is 18.5. The molecule has 0 saturated carbocycles. The van der Waals surface area contributed by atoms with Gasteiger partial charge in [-0.2, -0.15) is 5.26 Å². The molecular weight excluding hydrogens is 403 g/mol. The Morgan fingerprint density at radius 2 is 1.93 bits per heavy atom. The molecule has 160 valence electrons. The van der Waals surface area contributed by atoms with Gasteiger partial charge in [0.15, 0.2) is 4.77 Å². The molecule has 0 radical (unpaired) electrons. The second kappa shape index (κ2) is 9.51. The molecule has 2 unspecified atom stereocenters. The molecule has 0 spiro atoms. The quantitative estimate of drug-likeness (QED) is 0.660. The van der Waals surface area contributed by atoms with Crippen LogP contribution < -0.4 is 10.8 Å². The molecule has 0 amide bonds. The van der Waals surface area contributed by atoms with Crippen molar-refractivity contribution in [3.63, 3.8) is 0 Å². The van der Waals surface area contributed by atoms with E-state index in [0.717, 1.165) is 31.5 Å². The number of anilines is 1. The Morgan fingerprint density at radius 3 is 2.60 bits per heavy atom. The van der Waals surface area contributed by atoms with Crippen molar-refractivity contribution in [2.24, 2.45) is 14.1 Å². The number of halogens is 1. The van der Waals surface area contributed by atoms with Gasteiger partial charge in [0.25, 0.3) is 0 Å². The first-order valence-corrected chi connectivity index (χ1v) is 10.3. The summed E-state index contributed by atoms with van der Waals surface area (Å²) in [5, 5.41) is 20.9. The van der Waals surface area contributed by atoms with Crippen LogP contribution >= 0.6 is 12.2 Å². The first kappa shape index (κ1) is 22.2. The van der Waals surface area contributed by atoms with Crippen LogP contribution in [0.3, 0.4) is 0 Å². The smallest absolute Gasteiger partial charge is 0.182 e. The Kier molecular flexibility index (Phi) is 7.02. The number of aromatic nitrogens is 2. The second-order valence-electron chi connectivity index (χ2n) is 7.75. The number of benzene rings is 1. The van der Waals surface area contributed by atoms with Gasteiger partial charge in [-0.1, -0.05) is 12.1 Å². The van der Waals surface area contributed by atoms with Crippen LogP contribution in [0.2, 0.25) is 0 Å². The Bertz CT molecular complexity index is 1060. The van der Waals surface area contributed by atoms with E-state index in [4.69, 9.17) is 22.4 Å². The number of nitrogens with zero attached hydrogens (tertiary/aromatic N) is 4. The molecule has 3 rings (SSSR count). The first-order chi connectivity index (χ1) is 14.3. The van der Waals surface area contributed by atoms with Gasteiger partial charge in [0.1, 0.15) is 28.8 Å². The van der Waals surface area contributed by atoms with Crippen LogP contribution in [0.5, 0.6) is 0 Å². The summed E-state index contributed by atoms with van der Waals surface area (Å²) in [6.07, 6.45) is 2.03. The van der Waals surface area contributed by atoms with E-state index in [9.17, 15) is 9.65 Å². The number of hydrogen-bond acceptors (Lipinski definition) is 6. The third-order valence-electron chi connectivity index (χ3n) is 5.40. The predicted molar refractivity (Wildman–Crippen MR) is 115 cm³/mol. The van der Waals surface area contributed by atoms with E-state index in [1.807, 2.05) is 7.05 Å². The van der Waals surface area contributed by atoms with Gasteiger partial charge < -0.3 is 19.2 Å². The zero-order chi connectivity index (χ0) is 21.8. The van der Waals surface area contributed by atoms with Crippen LogP contribution in [0.1, 0.15) is 24.0 Å². The second-order valence-corrected chi connectivity index (χ2v) is 8.11. The van der Waals surface area contributed by atoms with Gasteiger partial charge >= 0.3 is 0 Å². The van der Waals surface area contributed by atoms with Crippen molar-refractivity contribution in [3.05, 3.63) is 51.5 Å². The fourth-order valence-electron chi connectivity index (χ4n) is 3.77. The first-order valence-electron chi connectivity index (χ1n) is 9.87. The highest BCUT2D eigenvalue weighted by molar-refractivity contribution is 7.71. The molecule has 1 aromatic heterocycles. The lowest BCUT2D eigenvalue weighted by atomic mass is 10.1. The maximum atomic E-state index is 13.1. The highest BCUT2D eigenvalue weighted by Gasteiger charge is 2.26. The monoisotopic (exact) mass is 430 g/mol. The van der Waals surface area contributed by atoms with Gasteiger partial charge in [0, 0.05) is 33.7 Å². The predicted octanol–water partition coefficient (Wildman–Crippen LogP) is 2.67. The van der Waals surface area contributed by atoms with E-state index in [-0.39, 0.29) is 29.1 Å². The largest absolute Gasteiger partial charge is 0.372 e. The minimum atomic E-state index is -0.225. The van der Waals surface area contributed by atoms with E-state index in [1.54, 1.807) is 30.8 Å². The van der Waals surface area contributed by atoms with Crippen molar-refractivity contribution in [2.75, 3.05) is 25.5 Å². The van der Waals surface area contributed by atoms with Crippen LogP contribution in [0.25, 0.3) is 0 Å². The standard InChI is InChI=1S/C21H27FN6OS/c1-26(12-14-4-6-15(22)7-5-14)13-17-9-8-16(29-17)11-25-20-18(10-23)19(24)27(2)21(30)28(20)3/h4-7,16-17,24-25H,8-9,11-13H2,1-3H3. The Balaban J connectivity index is 1.56. The van der Waals surface area contributed by atoms with Crippen LogP contribution in [0.15, 0.2) is 24.3 Å². The summed E-state index contributed by atoms with van der Waals surface area (Å²) >= 11 is 5.35. The average Bonchev–Trinajstić information content (AvgIpc) is 3.16. The fourth-order valence-corrected chi connectivity index (χ4v) is 3.95. The number of likely N-dealkylation sites (N-methyl/N-ethyl adjacent to an activating group) is 1. The maximum absolute atomic E-state index is 13.1. The molecule has 2 aromatic rings. The topological polar surface area (TPSA) is 82.0 Å². The summed E-state index contributed by atoms with van der Waals surface area (Å²) in [5.41, 5.74) is 1.42. The highest BCUT2D eigenvalue weighted by Crippen LogP contribution is 2.22. The van der Waals surface area contributed by atoms with E-state index in [1.165, 1.54) is 16.7 Å². The summed E-state index contributed by atoms with van der Waals surface area (Å²) in [6.45, 7) is 2.07. The zero-order valence-electron chi connectivity index (χ0n) is 17.5. The van der Waals surface area contributed by atoms with E-state index >= 15 is 0 Å². The van der Waals surface area contributed by atoms with Crippen LogP contribution in [0.4, 0.5) is 10.2 Å². The summed E-state index contributed by atoms with van der Waals surface area (Å²) in [7, 11) is 5.50. The van der Waals surface area contributed by atoms with Crippen LogP contribution in [-0.2, 0) is 25.4 Å². The van der Waals surface area contributed by atoms with E-state index in [0.29, 0.717) is 17.1 Å². The van der Waals surface area contributed by atoms with Gasteiger partial charge in [-0.25, -0.2) is 4.39 Å². The molecule has 30 heavy (non-hydrogen) atoms. The summed E-state index contributed by atoms with van der Waals surface area (Å²) in [5.74, 6) is 0.322. The highest BCUT2D eigenvalue weighted by atomic mass is 32.1. The molecule has 0 aliphatic carbocycles. The fraction of sp³-hybridized carbons (Fsp3) is 0.476. The molecule has 1 aliphatic rings. The molecule has 1 fully saturated rings. The summed E-state index contributed by atoms with van der Waals surface area (Å²) < 4.78 is 22.9. The molecule has 9 heteroatoms. The minimum absolute atomic E-state index is 0.0254. The van der Waals surface area contributed by atoms with E-state index < -0.39 is 0 Å². The van der Waals surface area contributed by atoms with Gasteiger partial charge in [0.05, 0.1) is 12.2 Å². The summed E-state index contributed by atoms with van der Waals surface area (Å²) in [6, 6.07) is 8.66. The maximum Gasteiger partial charge on any atom is 0.182 e. The van der Waals surface area contributed by atoms with Crippen molar-refractivity contribution in [3.8, 4) is 6.07 Å². The lowest BCUT2D eigenvalue weighted by Crippen LogP contribution is -2.31. The molecule has 1 aliphatic heterocycles. The van der Waals surface area contributed by atoms with Gasteiger partial charge in [-0.15, -0.1) is 0 Å². The molecular formula is C21H27FN6OS. The van der Waals surface area contributed by atoms with Gasteiger partial charge in [0.2, 0.25) is 0 Å². The number of rotatable bonds is 7. The zero-order valence-corrected chi connectivity index (χ0v) is 18.3. The van der Waals surface area contributed by atoms with Crippen molar-refractivity contribution in [1.29, 1.82) is 10.7 Å². The molecule has 2 N–H and O–H groups in total. The van der Waals surface area contributed by atoms with Crippen molar-refractivity contribution < 1.29 is 9.13 Å². The molecule has 1 saturated heterocycles. The van der Waals surface area contributed by atoms with Gasteiger partial charge in [-0.05, 0) is 49.8 Å². The third kappa shape index (κ3) is 4.95. The third-order valence-corrected chi connectivity index (χ3v) is 5.95. The molecule has 7 nitrogen and oxygen atoms in total. The molecule has 1 aromatic carbocycles. The van der Waals surface area contributed by atoms with Crippen molar-refractivity contribution >= 4 is 18.0 Å². The minimum Gasteiger partial charge on any atom is -0.372 e. The Labute approximate surface area is 180 Å². The Morgan fingerprint density at radius 1 is 1.27 bits per heavy atom. The number of nitriles is 1. The average molecular weight is 431 g/mol. The number of ether oxygens (including phenoxy) is 1. The number of nitrogens with one attached hydrogen (secondary N) is 2. The molecule has 0 bridgehead atoms. The van der Waals surface area contributed by atoms with Gasteiger partial charge in [-0.3, -0.25) is 10.3 Å².